The second kappa shape index (κ2) is 8.47. The fourth-order valence-electron chi connectivity index (χ4n) is 3.40. The molecule has 0 saturated carbocycles. The predicted octanol–water partition coefficient (Wildman–Crippen LogP) is 3.66. The molecule has 2 aromatic rings. The molecule has 0 radical (unpaired) electrons. The van der Waals surface area contributed by atoms with Gasteiger partial charge in [0.25, 0.3) is 0 Å². The summed E-state index contributed by atoms with van der Waals surface area (Å²) in [4.78, 5) is 15.5. The van der Waals surface area contributed by atoms with Gasteiger partial charge in [0.2, 0.25) is 5.91 Å². The number of hydrogen-bond acceptors (Lipinski definition) is 3. The summed E-state index contributed by atoms with van der Waals surface area (Å²) in [6.45, 7) is 6.57. The van der Waals surface area contributed by atoms with Crippen LogP contribution in [0.25, 0.3) is 11.1 Å². The van der Waals surface area contributed by atoms with Crippen molar-refractivity contribution in [2.24, 2.45) is 0 Å². The number of benzene rings is 2. The van der Waals surface area contributed by atoms with Gasteiger partial charge in [-0.25, -0.2) is 4.39 Å². The van der Waals surface area contributed by atoms with Crippen LogP contribution in [-0.4, -0.2) is 47.0 Å². The molecule has 1 fully saturated rings. The van der Waals surface area contributed by atoms with Gasteiger partial charge in [-0.3, -0.25) is 9.69 Å². The van der Waals surface area contributed by atoms with Crippen LogP contribution in [0.5, 0.6) is 5.75 Å². The van der Waals surface area contributed by atoms with Gasteiger partial charge < -0.3 is 10.0 Å². The van der Waals surface area contributed by atoms with Crippen molar-refractivity contribution < 1.29 is 14.3 Å². The molecule has 1 aliphatic rings. The fourth-order valence-corrected chi connectivity index (χ4v) is 3.66. The third kappa shape index (κ3) is 4.04. The fraction of sp³-hybridized carbons (Fsp3) is 0.227. The van der Waals surface area contributed by atoms with Gasteiger partial charge in [0.15, 0.2) is 0 Å². The van der Waals surface area contributed by atoms with Crippen LogP contribution in [0.2, 0.25) is 5.02 Å². The molecule has 0 unspecified atom stereocenters. The summed E-state index contributed by atoms with van der Waals surface area (Å²) in [6, 6.07) is 7.76. The standard InChI is InChI=1S/C22H20ClFN2O2/c1-3-16-12-15(14-25-8-10-26(11-9-25)20(28)4-2)13-18(24)21(16)22-17(23)6-5-7-19(22)27/h1,4-7,12-13,27H,2,8-11,14H2. The van der Waals surface area contributed by atoms with Gasteiger partial charge in [-0.05, 0) is 35.9 Å². The minimum Gasteiger partial charge on any atom is -0.507 e. The highest BCUT2D eigenvalue weighted by atomic mass is 35.5. The molecule has 3 rings (SSSR count). The maximum Gasteiger partial charge on any atom is 0.246 e. The predicted molar refractivity (Wildman–Crippen MR) is 108 cm³/mol. The lowest BCUT2D eigenvalue weighted by Gasteiger charge is -2.34. The van der Waals surface area contributed by atoms with Crippen molar-refractivity contribution in [2.45, 2.75) is 6.54 Å². The Labute approximate surface area is 168 Å². The molecule has 0 atom stereocenters. The SMILES string of the molecule is C#Cc1cc(CN2CCN(C(=O)C=C)CC2)cc(F)c1-c1c(O)cccc1Cl. The van der Waals surface area contributed by atoms with Crippen LogP contribution < -0.4 is 0 Å². The lowest BCUT2D eigenvalue weighted by molar-refractivity contribution is -0.127. The van der Waals surface area contributed by atoms with E-state index in [1.165, 1.54) is 18.2 Å². The molecule has 0 bridgehead atoms. The third-order valence-electron chi connectivity index (χ3n) is 4.81. The molecular weight excluding hydrogens is 379 g/mol. The monoisotopic (exact) mass is 398 g/mol. The molecule has 1 N–H and O–H groups in total. The van der Waals surface area contributed by atoms with E-state index in [4.69, 9.17) is 18.0 Å². The van der Waals surface area contributed by atoms with Crippen molar-refractivity contribution >= 4 is 17.5 Å². The Kier molecular flexibility index (Phi) is 6.03. The van der Waals surface area contributed by atoms with Crippen LogP contribution in [0, 0.1) is 18.2 Å². The van der Waals surface area contributed by atoms with E-state index in [-0.39, 0.29) is 27.8 Å². The molecule has 0 spiro atoms. The van der Waals surface area contributed by atoms with Gasteiger partial charge in [-0.2, -0.15) is 0 Å². The van der Waals surface area contributed by atoms with Gasteiger partial charge >= 0.3 is 0 Å². The normalized spacial score (nSPS) is 14.5. The van der Waals surface area contributed by atoms with Crippen LogP contribution in [0.15, 0.2) is 43.0 Å². The molecule has 28 heavy (non-hydrogen) atoms. The van der Waals surface area contributed by atoms with E-state index in [0.29, 0.717) is 38.3 Å². The molecule has 0 aromatic heterocycles. The summed E-state index contributed by atoms with van der Waals surface area (Å²) in [5, 5.41) is 10.4. The van der Waals surface area contributed by atoms with Crippen molar-refractivity contribution in [3.8, 4) is 29.2 Å². The molecule has 1 heterocycles. The first kappa shape index (κ1) is 19.9. The second-order valence-electron chi connectivity index (χ2n) is 6.58. The highest BCUT2D eigenvalue weighted by Crippen LogP contribution is 2.39. The molecule has 1 amide bonds. The molecule has 1 saturated heterocycles. The van der Waals surface area contributed by atoms with Gasteiger partial charge in [-0.1, -0.05) is 30.2 Å². The third-order valence-corrected chi connectivity index (χ3v) is 5.13. The van der Waals surface area contributed by atoms with E-state index in [2.05, 4.69) is 17.4 Å². The number of halogens is 2. The minimum absolute atomic E-state index is 0.0794. The summed E-state index contributed by atoms with van der Waals surface area (Å²) >= 11 is 6.17. The van der Waals surface area contributed by atoms with Crippen LogP contribution >= 0.6 is 11.6 Å². The highest BCUT2D eigenvalue weighted by Gasteiger charge is 2.22. The summed E-state index contributed by atoms with van der Waals surface area (Å²) in [7, 11) is 0. The number of piperazine rings is 1. The second-order valence-corrected chi connectivity index (χ2v) is 6.99. The van der Waals surface area contributed by atoms with E-state index in [1.54, 1.807) is 23.1 Å². The van der Waals surface area contributed by atoms with Crippen LogP contribution in [0.1, 0.15) is 11.1 Å². The Hall–Kier alpha value is -2.81. The van der Waals surface area contributed by atoms with E-state index in [0.717, 1.165) is 5.56 Å². The van der Waals surface area contributed by atoms with Crippen LogP contribution in [0.4, 0.5) is 4.39 Å². The number of terminal acetylenes is 1. The number of phenols is 1. The zero-order valence-electron chi connectivity index (χ0n) is 15.3. The Balaban J connectivity index is 1.84. The number of amides is 1. The molecule has 0 aliphatic carbocycles. The number of carbonyl (C=O) groups excluding carboxylic acids is 1. The molecule has 6 heteroatoms. The Bertz CT molecular complexity index is 939. The minimum atomic E-state index is -0.533. The topological polar surface area (TPSA) is 43.8 Å². The first-order chi connectivity index (χ1) is 13.4. The summed E-state index contributed by atoms with van der Waals surface area (Å²) < 4.78 is 15.0. The van der Waals surface area contributed by atoms with Gasteiger partial charge in [0, 0.05) is 49.4 Å². The molecule has 2 aromatic carbocycles. The number of rotatable bonds is 4. The highest BCUT2D eigenvalue weighted by molar-refractivity contribution is 6.33. The number of nitrogens with zero attached hydrogens (tertiary/aromatic N) is 2. The summed E-state index contributed by atoms with van der Waals surface area (Å²) in [6.07, 6.45) is 6.93. The molecule has 144 valence electrons. The smallest absolute Gasteiger partial charge is 0.246 e. The van der Waals surface area contributed by atoms with Gasteiger partial charge in [-0.15, -0.1) is 6.42 Å². The molecule has 1 aliphatic heterocycles. The number of phenolic OH excluding ortho intramolecular Hbond substituents is 1. The lowest BCUT2D eigenvalue weighted by Crippen LogP contribution is -2.47. The van der Waals surface area contributed by atoms with Crippen molar-refractivity contribution in [2.75, 3.05) is 26.2 Å². The van der Waals surface area contributed by atoms with Crippen molar-refractivity contribution in [3.63, 3.8) is 0 Å². The first-order valence-corrected chi connectivity index (χ1v) is 9.23. The zero-order valence-corrected chi connectivity index (χ0v) is 16.0. The number of aromatic hydroxyl groups is 1. The van der Waals surface area contributed by atoms with Crippen LogP contribution in [0.3, 0.4) is 0 Å². The van der Waals surface area contributed by atoms with Crippen molar-refractivity contribution in [1.82, 2.24) is 9.80 Å². The van der Waals surface area contributed by atoms with E-state index in [1.807, 2.05) is 0 Å². The largest absolute Gasteiger partial charge is 0.507 e. The van der Waals surface area contributed by atoms with Crippen LogP contribution in [-0.2, 0) is 11.3 Å². The maximum atomic E-state index is 15.0. The average Bonchev–Trinajstić information content (AvgIpc) is 2.69. The summed E-state index contributed by atoms with van der Waals surface area (Å²) in [5.74, 6) is 1.77. The van der Waals surface area contributed by atoms with E-state index in [9.17, 15) is 14.3 Å². The Morgan fingerprint density at radius 3 is 2.61 bits per heavy atom. The lowest BCUT2D eigenvalue weighted by atomic mass is 9.96. The number of carbonyl (C=O) groups is 1. The zero-order chi connectivity index (χ0) is 20.3. The summed E-state index contributed by atoms with van der Waals surface area (Å²) in [5.41, 5.74) is 1.37. The number of hydrogen-bond donors (Lipinski definition) is 1. The Morgan fingerprint density at radius 2 is 2.00 bits per heavy atom. The molecule has 4 nitrogen and oxygen atoms in total. The van der Waals surface area contributed by atoms with Crippen molar-refractivity contribution in [1.29, 1.82) is 0 Å². The van der Waals surface area contributed by atoms with Gasteiger partial charge in [0.05, 0.1) is 5.02 Å². The van der Waals surface area contributed by atoms with E-state index >= 15 is 0 Å². The van der Waals surface area contributed by atoms with Crippen molar-refractivity contribution in [3.05, 3.63) is 65.0 Å². The van der Waals surface area contributed by atoms with Gasteiger partial charge in [0.1, 0.15) is 11.6 Å². The Morgan fingerprint density at radius 1 is 1.29 bits per heavy atom. The van der Waals surface area contributed by atoms with E-state index < -0.39 is 5.82 Å². The molecular formula is C22H20ClFN2O2. The quantitative estimate of drug-likeness (QED) is 0.631. The maximum absolute atomic E-state index is 15.0. The first-order valence-electron chi connectivity index (χ1n) is 8.85. The average molecular weight is 399 g/mol.